The quantitative estimate of drug-likeness (QED) is 0.634. The number of nitro groups is 1. The standard InChI is InChI=1S/C13H19BrN2O3/c1-9-7-10(14)11(8-12(9)16(17)18)15-6-5-13(2,3)19-4/h7-8,15H,5-6H2,1-4H3. The Morgan fingerprint density at radius 2 is 2.11 bits per heavy atom. The molecule has 0 aliphatic rings. The molecular weight excluding hydrogens is 312 g/mol. The molecule has 0 atom stereocenters. The fourth-order valence-electron chi connectivity index (χ4n) is 1.59. The average molecular weight is 331 g/mol. The van der Waals surface area contributed by atoms with E-state index in [0.717, 1.165) is 16.6 Å². The molecule has 5 nitrogen and oxygen atoms in total. The highest BCUT2D eigenvalue weighted by molar-refractivity contribution is 9.10. The lowest BCUT2D eigenvalue weighted by atomic mass is 10.1. The minimum atomic E-state index is -0.369. The maximum Gasteiger partial charge on any atom is 0.274 e. The number of halogens is 1. The zero-order valence-electron chi connectivity index (χ0n) is 11.6. The Bertz CT molecular complexity index is 475. The van der Waals surface area contributed by atoms with E-state index in [1.807, 2.05) is 13.8 Å². The topological polar surface area (TPSA) is 64.4 Å². The molecule has 0 heterocycles. The van der Waals surface area contributed by atoms with E-state index in [9.17, 15) is 10.1 Å². The molecule has 1 aromatic rings. The molecule has 1 rings (SSSR count). The monoisotopic (exact) mass is 330 g/mol. The van der Waals surface area contributed by atoms with Crippen LogP contribution in [0.25, 0.3) is 0 Å². The summed E-state index contributed by atoms with van der Waals surface area (Å²) in [7, 11) is 1.67. The molecule has 0 aliphatic carbocycles. The van der Waals surface area contributed by atoms with Crippen molar-refractivity contribution in [3.8, 4) is 0 Å². The molecular formula is C13H19BrN2O3. The van der Waals surface area contributed by atoms with Crippen LogP contribution in [0, 0.1) is 17.0 Å². The van der Waals surface area contributed by atoms with Gasteiger partial charge in [-0.15, -0.1) is 0 Å². The van der Waals surface area contributed by atoms with Crippen molar-refractivity contribution in [2.75, 3.05) is 19.0 Å². The van der Waals surface area contributed by atoms with Gasteiger partial charge in [-0.1, -0.05) is 0 Å². The van der Waals surface area contributed by atoms with Gasteiger partial charge >= 0.3 is 0 Å². The summed E-state index contributed by atoms with van der Waals surface area (Å²) in [4.78, 5) is 10.5. The van der Waals surface area contributed by atoms with E-state index in [1.54, 1.807) is 26.2 Å². The Morgan fingerprint density at radius 1 is 1.47 bits per heavy atom. The summed E-state index contributed by atoms with van der Waals surface area (Å²) < 4.78 is 6.15. The highest BCUT2D eigenvalue weighted by Crippen LogP contribution is 2.30. The number of hydrogen-bond donors (Lipinski definition) is 1. The van der Waals surface area contributed by atoms with Crippen molar-refractivity contribution in [2.45, 2.75) is 32.8 Å². The Hall–Kier alpha value is -1.14. The minimum absolute atomic E-state index is 0.122. The Kier molecular flexibility index (Phi) is 5.31. The average Bonchev–Trinajstić information content (AvgIpc) is 2.31. The lowest BCUT2D eigenvalue weighted by molar-refractivity contribution is -0.385. The summed E-state index contributed by atoms with van der Waals surface area (Å²) in [5.74, 6) is 0. The van der Waals surface area contributed by atoms with Gasteiger partial charge in [-0.05, 0) is 49.2 Å². The van der Waals surface area contributed by atoms with E-state index in [0.29, 0.717) is 12.1 Å². The summed E-state index contributed by atoms with van der Waals surface area (Å²) in [5.41, 5.74) is 1.27. The first-order valence-corrected chi connectivity index (χ1v) is 6.79. The van der Waals surface area contributed by atoms with Crippen LogP contribution < -0.4 is 5.32 Å². The molecule has 0 aliphatic heterocycles. The van der Waals surface area contributed by atoms with Gasteiger partial charge < -0.3 is 10.1 Å². The first-order chi connectivity index (χ1) is 8.76. The van der Waals surface area contributed by atoms with Crippen molar-refractivity contribution >= 4 is 27.3 Å². The summed E-state index contributed by atoms with van der Waals surface area (Å²) >= 11 is 3.41. The normalized spacial score (nSPS) is 11.4. The molecule has 1 aromatic carbocycles. The molecule has 0 unspecified atom stereocenters. The Morgan fingerprint density at radius 3 is 2.63 bits per heavy atom. The van der Waals surface area contributed by atoms with E-state index in [4.69, 9.17) is 4.74 Å². The molecule has 0 saturated carbocycles. The van der Waals surface area contributed by atoms with Crippen LogP contribution in [0.4, 0.5) is 11.4 Å². The lowest BCUT2D eigenvalue weighted by Crippen LogP contribution is -2.25. The van der Waals surface area contributed by atoms with Gasteiger partial charge in [-0.3, -0.25) is 10.1 Å². The van der Waals surface area contributed by atoms with Crippen molar-refractivity contribution in [3.05, 3.63) is 32.3 Å². The highest BCUT2D eigenvalue weighted by Gasteiger charge is 2.17. The van der Waals surface area contributed by atoms with Crippen LogP contribution in [0.1, 0.15) is 25.8 Å². The van der Waals surface area contributed by atoms with E-state index < -0.39 is 0 Å². The molecule has 0 spiro atoms. The van der Waals surface area contributed by atoms with Gasteiger partial charge in [-0.25, -0.2) is 0 Å². The van der Waals surface area contributed by atoms with Crippen LogP contribution in [0.3, 0.4) is 0 Å². The SMILES string of the molecule is COC(C)(C)CCNc1cc([N+](=O)[O-])c(C)cc1Br. The van der Waals surface area contributed by atoms with Gasteiger partial charge in [0.05, 0.1) is 16.2 Å². The predicted molar refractivity (Wildman–Crippen MR) is 79.7 cm³/mol. The second-order valence-electron chi connectivity index (χ2n) is 5.02. The van der Waals surface area contributed by atoms with Crippen molar-refractivity contribution in [1.82, 2.24) is 0 Å². The predicted octanol–water partition coefficient (Wildman–Crippen LogP) is 3.89. The van der Waals surface area contributed by atoms with Crippen molar-refractivity contribution in [1.29, 1.82) is 0 Å². The molecule has 1 N–H and O–H groups in total. The third-order valence-corrected chi connectivity index (χ3v) is 3.73. The summed E-state index contributed by atoms with van der Waals surface area (Å²) in [5, 5.41) is 14.1. The molecule has 0 fully saturated rings. The maximum atomic E-state index is 10.9. The molecule has 19 heavy (non-hydrogen) atoms. The smallest absolute Gasteiger partial charge is 0.274 e. The summed E-state index contributed by atoms with van der Waals surface area (Å²) in [6, 6.07) is 3.31. The molecule has 0 radical (unpaired) electrons. The van der Waals surface area contributed by atoms with Crippen molar-refractivity contribution in [2.24, 2.45) is 0 Å². The van der Waals surface area contributed by atoms with Gasteiger partial charge in [0.15, 0.2) is 0 Å². The number of nitrogens with one attached hydrogen (secondary N) is 1. The lowest BCUT2D eigenvalue weighted by Gasteiger charge is -2.23. The number of benzene rings is 1. The number of nitro benzene ring substituents is 1. The molecule has 106 valence electrons. The van der Waals surface area contributed by atoms with E-state index in [2.05, 4.69) is 21.2 Å². The summed E-state index contributed by atoms with van der Waals surface area (Å²) in [6.07, 6.45) is 0.803. The number of rotatable bonds is 6. The second kappa shape index (κ2) is 6.34. The zero-order valence-corrected chi connectivity index (χ0v) is 13.2. The van der Waals surface area contributed by atoms with Crippen LogP contribution >= 0.6 is 15.9 Å². The largest absolute Gasteiger partial charge is 0.384 e. The number of methoxy groups -OCH3 is 1. The Labute approximate surface area is 121 Å². The maximum absolute atomic E-state index is 10.9. The number of hydrogen-bond acceptors (Lipinski definition) is 4. The molecule has 0 saturated heterocycles. The van der Waals surface area contributed by atoms with Crippen LogP contribution in [0.5, 0.6) is 0 Å². The fourth-order valence-corrected chi connectivity index (χ4v) is 2.19. The van der Waals surface area contributed by atoms with Crippen molar-refractivity contribution in [3.63, 3.8) is 0 Å². The van der Waals surface area contributed by atoms with Gasteiger partial charge in [0.2, 0.25) is 0 Å². The van der Waals surface area contributed by atoms with Gasteiger partial charge in [-0.2, -0.15) is 0 Å². The summed E-state index contributed by atoms with van der Waals surface area (Å²) in [6.45, 7) is 6.41. The van der Waals surface area contributed by atoms with E-state index in [-0.39, 0.29) is 16.2 Å². The second-order valence-corrected chi connectivity index (χ2v) is 5.87. The van der Waals surface area contributed by atoms with Crippen LogP contribution in [-0.2, 0) is 4.74 Å². The first-order valence-electron chi connectivity index (χ1n) is 6.00. The van der Waals surface area contributed by atoms with Crippen LogP contribution in [0.2, 0.25) is 0 Å². The number of ether oxygens (including phenoxy) is 1. The van der Waals surface area contributed by atoms with Crippen LogP contribution in [0.15, 0.2) is 16.6 Å². The molecule has 0 aromatic heterocycles. The fraction of sp³-hybridized carbons (Fsp3) is 0.538. The molecule has 6 heteroatoms. The number of aryl methyl sites for hydroxylation is 1. The van der Waals surface area contributed by atoms with Gasteiger partial charge in [0.25, 0.3) is 5.69 Å². The molecule has 0 amide bonds. The third-order valence-electron chi connectivity index (χ3n) is 3.08. The third kappa shape index (κ3) is 4.47. The Balaban J connectivity index is 2.79. The zero-order chi connectivity index (χ0) is 14.6. The van der Waals surface area contributed by atoms with Gasteiger partial charge in [0, 0.05) is 29.8 Å². The van der Waals surface area contributed by atoms with Crippen molar-refractivity contribution < 1.29 is 9.66 Å². The van der Waals surface area contributed by atoms with E-state index >= 15 is 0 Å². The van der Waals surface area contributed by atoms with E-state index in [1.165, 1.54) is 0 Å². The highest BCUT2D eigenvalue weighted by atomic mass is 79.9. The number of nitrogens with zero attached hydrogens (tertiary/aromatic N) is 1. The molecule has 0 bridgehead atoms. The first kappa shape index (κ1) is 15.9. The minimum Gasteiger partial charge on any atom is -0.384 e. The van der Waals surface area contributed by atoms with Crippen LogP contribution in [-0.4, -0.2) is 24.2 Å². The number of anilines is 1. The van der Waals surface area contributed by atoms with Gasteiger partial charge in [0.1, 0.15) is 0 Å².